The molecule has 2 heterocycles. The fraction of sp³-hybridized carbons (Fsp3) is 0.111. The Labute approximate surface area is 123 Å². The van der Waals surface area contributed by atoms with Crippen LogP contribution in [-0.4, -0.2) is 9.13 Å². The largest absolute Gasteiger partial charge is 0.456 e. The van der Waals surface area contributed by atoms with E-state index in [1.807, 2.05) is 38.4 Å². The highest BCUT2D eigenvalue weighted by molar-refractivity contribution is 5.89. The predicted molar refractivity (Wildman–Crippen MR) is 85.9 cm³/mol. The molecule has 0 saturated heterocycles. The fourth-order valence-electron chi connectivity index (χ4n) is 2.84. The molecule has 104 valence electrons. The topological polar surface area (TPSA) is 19.1 Å². The lowest BCUT2D eigenvalue weighted by Gasteiger charge is -2.09. The molecule has 0 radical (unpaired) electrons. The summed E-state index contributed by atoms with van der Waals surface area (Å²) in [6.45, 7) is 0. The van der Waals surface area contributed by atoms with Crippen molar-refractivity contribution < 1.29 is 4.74 Å². The summed E-state index contributed by atoms with van der Waals surface area (Å²) in [4.78, 5) is 0. The van der Waals surface area contributed by atoms with E-state index in [-0.39, 0.29) is 0 Å². The van der Waals surface area contributed by atoms with Gasteiger partial charge >= 0.3 is 0 Å². The van der Waals surface area contributed by atoms with Crippen LogP contribution in [0.1, 0.15) is 0 Å². The van der Waals surface area contributed by atoms with Crippen molar-refractivity contribution in [2.24, 2.45) is 14.1 Å². The van der Waals surface area contributed by atoms with Gasteiger partial charge in [-0.1, -0.05) is 12.1 Å². The van der Waals surface area contributed by atoms with Crippen molar-refractivity contribution in [1.82, 2.24) is 9.13 Å². The maximum absolute atomic E-state index is 6.20. The number of nitrogens with zero attached hydrogens (tertiary/aromatic N) is 2. The Hall–Kier alpha value is -2.68. The Morgan fingerprint density at radius 1 is 0.667 bits per heavy atom. The molecule has 0 aliphatic heterocycles. The van der Waals surface area contributed by atoms with Crippen LogP contribution in [0.25, 0.3) is 21.8 Å². The molecule has 2 aromatic heterocycles. The van der Waals surface area contributed by atoms with Crippen molar-refractivity contribution in [3.05, 3.63) is 60.9 Å². The van der Waals surface area contributed by atoms with E-state index < -0.39 is 0 Å². The molecule has 0 atom stereocenters. The highest BCUT2D eigenvalue weighted by Crippen LogP contribution is 2.34. The second-order valence-corrected chi connectivity index (χ2v) is 5.33. The summed E-state index contributed by atoms with van der Waals surface area (Å²) >= 11 is 0. The highest BCUT2D eigenvalue weighted by atomic mass is 16.5. The van der Waals surface area contributed by atoms with Crippen LogP contribution in [0.4, 0.5) is 0 Å². The SMILES string of the molecule is Cn1ccc2c(Oc3cccc4c3ccn4C)cccc21. The van der Waals surface area contributed by atoms with E-state index in [2.05, 4.69) is 45.8 Å². The number of ether oxygens (including phenoxy) is 1. The number of hydrogen-bond acceptors (Lipinski definition) is 1. The maximum Gasteiger partial charge on any atom is 0.136 e. The number of hydrogen-bond donors (Lipinski definition) is 0. The van der Waals surface area contributed by atoms with Crippen LogP contribution in [0.2, 0.25) is 0 Å². The summed E-state index contributed by atoms with van der Waals surface area (Å²) in [5.74, 6) is 1.79. The molecule has 0 spiro atoms. The first-order valence-corrected chi connectivity index (χ1v) is 7.00. The lowest BCUT2D eigenvalue weighted by molar-refractivity contribution is 0.494. The smallest absolute Gasteiger partial charge is 0.136 e. The number of aromatic nitrogens is 2. The van der Waals surface area contributed by atoms with Crippen LogP contribution in [0.3, 0.4) is 0 Å². The monoisotopic (exact) mass is 276 g/mol. The van der Waals surface area contributed by atoms with Gasteiger partial charge in [0.05, 0.1) is 11.0 Å². The van der Waals surface area contributed by atoms with Gasteiger partial charge in [0.25, 0.3) is 0 Å². The summed E-state index contributed by atoms with van der Waals surface area (Å²) in [5, 5.41) is 2.26. The standard InChI is InChI=1S/C18H16N2O/c1-19-11-9-13-15(19)5-3-7-17(13)21-18-8-4-6-16-14(18)10-12-20(16)2/h3-12H,1-2H3. The molecule has 0 fully saturated rings. The zero-order valence-electron chi connectivity index (χ0n) is 12.1. The van der Waals surface area contributed by atoms with Gasteiger partial charge in [0.1, 0.15) is 11.5 Å². The van der Waals surface area contributed by atoms with Gasteiger partial charge in [-0.05, 0) is 36.4 Å². The Kier molecular flexibility index (Phi) is 2.54. The normalized spacial score (nSPS) is 11.3. The minimum atomic E-state index is 0.893. The van der Waals surface area contributed by atoms with Crippen LogP contribution in [0, 0.1) is 0 Å². The van der Waals surface area contributed by atoms with Crippen LogP contribution in [-0.2, 0) is 14.1 Å². The molecule has 0 aliphatic carbocycles. The summed E-state index contributed by atoms with van der Waals surface area (Å²) in [6.07, 6.45) is 4.11. The second kappa shape index (κ2) is 4.42. The molecule has 0 unspecified atom stereocenters. The molecular weight excluding hydrogens is 260 g/mol. The van der Waals surface area contributed by atoms with Gasteiger partial charge in [0, 0.05) is 37.3 Å². The average Bonchev–Trinajstić information content (AvgIpc) is 3.06. The third kappa shape index (κ3) is 1.82. The second-order valence-electron chi connectivity index (χ2n) is 5.33. The first-order chi connectivity index (χ1) is 10.2. The van der Waals surface area contributed by atoms with Crippen LogP contribution in [0.5, 0.6) is 11.5 Å². The van der Waals surface area contributed by atoms with E-state index in [1.54, 1.807) is 0 Å². The molecule has 0 N–H and O–H groups in total. The minimum absolute atomic E-state index is 0.893. The molecule has 0 saturated carbocycles. The van der Waals surface area contributed by atoms with Gasteiger partial charge in [-0.2, -0.15) is 0 Å². The Balaban J connectivity index is 1.87. The molecule has 21 heavy (non-hydrogen) atoms. The number of fused-ring (bicyclic) bond motifs is 2. The number of rotatable bonds is 2. The van der Waals surface area contributed by atoms with Crippen LogP contribution in [0.15, 0.2) is 60.9 Å². The van der Waals surface area contributed by atoms with Crippen molar-refractivity contribution in [2.45, 2.75) is 0 Å². The molecule has 0 aliphatic rings. The highest BCUT2D eigenvalue weighted by Gasteiger charge is 2.09. The number of aryl methyl sites for hydroxylation is 2. The molecule has 2 aromatic carbocycles. The van der Waals surface area contributed by atoms with Crippen LogP contribution < -0.4 is 4.74 Å². The van der Waals surface area contributed by atoms with Gasteiger partial charge in [-0.25, -0.2) is 0 Å². The molecule has 0 bridgehead atoms. The van der Waals surface area contributed by atoms with Gasteiger partial charge in [0.2, 0.25) is 0 Å². The molecule has 3 heteroatoms. The number of benzene rings is 2. The molecule has 4 rings (SSSR count). The van der Waals surface area contributed by atoms with Crippen molar-refractivity contribution >= 4 is 21.8 Å². The maximum atomic E-state index is 6.20. The van der Waals surface area contributed by atoms with Crippen molar-refractivity contribution in [3.63, 3.8) is 0 Å². The van der Waals surface area contributed by atoms with E-state index in [0.717, 1.165) is 22.3 Å². The lowest BCUT2D eigenvalue weighted by Crippen LogP contribution is -1.88. The Morgan fingerprint density at radius 3 is 1.62 bits per heavy atom. The third-order valence-corrected chi connectivity index (χ3v) is 4.00. The quantitative estimate of drug-likeness (QED) is 0.529. The van der Waals surface area contributed by atoms with E-state index in [9.17, 15) is 0 Å². The summed E-state index contributed by atoms with van der Waals surface area (Å²) < 4.78 is 10.4. The zero-order chi connectivity index (χ0) is 14.4. The van der Waals surface area contributed by atoms with Gasteiger partial charge < -0.3 is 13.9 Å². The fourth-order valence-corrected chi connectivity index (χ4v) is 2.84. The van der Waals surface area contributed by atoms with E-state index in [1.165, 1.54) is 11.0 Å². The van der Waals surface area contributed by atoms with Crippen molar-refractivity contribution in [2.75, 3.05) is 0 Å². The van der Waals surface area contributed by atoms with Crippen LogP contribution >= 0.6 is 0 Å². The van der Waals surface area contributed by atoms with E-state index >= 15 is 0 Å². The van der Waals surface area contributed by atoms with Gasteiger partial charge in [-0.3, -0.25) is 0 Å². The molecule has 3 nitrogen and oxygen atoms in total. The lowest BCUT2D eigenvalue weighted by atomic mass is 10.2. The summed E-state index contributed by atoms with van der Waals surface area (Å²) in [5.41, 5.74) is 2.35. The Bertz CT molecular complexity index is 868. The van der Waals surface area contributed by atoms with Gasteiger partial charge in [-0.15, -0.1) is 0 Å². The minimum Gasteiger partial charge on any atom is -0.456 e. The predicted octanol–water partition coefficient (Wildman–Crippen LogP) is 4.46. The van der Waals surface area contributed by atoms with E-state index in [0.29, 0.717) is 0 Å². The molecular formula is C18H16N2O. The summed E-state index contributed by atoms with van der Waals surface area (Å²) in [6, 6.07) is 16.5. The van der Waals surface area contributed by atoms with Crippen molar-refractivity contribution in [3.8, 4) is 11.5 Å². The summed E-state index contributed by atoms with van der Waals surface area (Å²) in [7, 11) is 4.09. The molecule has 0 amide bonds. The van der Waals surface area contributed by atoms with Crippen molar-refractivity contribution in [1.29, 1.82) is 0 Å². The third-order valence-electron chi connectivity index (χ3n) is 4.00. The van der Waals surface area contributed by atoms with E-state index in [4.69, 9.17) is 4.74 Å². The molecule has 4 aromatic rings. The first-order valence-electron chi connectivity index (χ1n) is 7.00. The Morgan fingerprint density at radius 2 is 1.14 bits per heavy atom. The average molecular weight is 276 g/mol. The van der Waals surface area contributed by atoms with Gasteiger partial charge in [0.15, 0.2) is 0 Å². The first kappa shape index (κ1) is 12.1. The zero-order valence-corrected chi connectivity index (χ0v) is 12.1.